The number of halogens is 1. The Balaban J connectivity index is 1.90. The van der Waals surface area contributed by atoms with Gasteiger partial charge < -0.3 is 4.57 Å². The normalized spacial score (nSPS) is 10.8. The van der Waals surface area contributed by atoms with Gasteiger partial charge >= 0.3 is 0 Å². The smallest absolute Gasteiger partial charge is 0.260 e. The van der Waals surface area contributed by atoms with Crippen molar-refractivity contribution >= 4 is 39.4 Å². The van der Waals surface area contributed by atoms with Crippen LogP contribution in [-0.2, 0) is 11.3 Å². The highest BCUT2D eigenvalue weighted by molar-refractivity contribution is 9.11. The van der Waals surface area contributed by atoms with Gasteiger partial charge in [-0.25, -0.2) is 5.43 Å². The Bertz CT molecular complexity index is 663. The highest BCUT2D eigenvalue weighted by Crippen LogP contribution is 2.20. The number of pyridine rings is 1. The number of carbonyl (C=O) groups excluding carboxylic acids is 1. The molecule has 0 radical (unpaired) electrons. The summed E-state index contributed by atoms with van der Waals surface area (Å²) in [5.41, 5.74) is 2.16. The summed E-state index contributed by atoms with van der Waals surface area (Å²) >= 11 is 4.84. The second-order valence-electron chi connectivity index (χ2n) is 3.60. The van der Waals surface area contributed by atoms with Gasteiger partial charge in [0.05, 0.1) is 10.0 Å². The maximum atomic E-state index is 11.6. The summed E-state index contributed by atoms with van der Waals surface area (Å²) in [6, 6.07) is 8.51. The molecule has 5 nitrogen and oxygen atoms in total. The lowest BCUT2D eigenvalue weighted by Gasteiger charge is -2.02. The van der Waals surface area contributed by atoms with E-state index in [9.17, 15) is 9.59 Å². The first-order valence-electron chi connectivity index (χ1n) is 5.38. The number of amides is 1. The molecule has 0 saturated carbocycles. The maximum Gasteiger partial charge on any atom is 0.260 e. The number of hydrogen-bond acceptors (Lipinski definition) is 4. The summed E-state index contributed by atoms with van der Waals surface area (Å²) in [4.78, 5) is 23.9. The van der Waals surface area contributed by atoms with Gasteiger partial charge in [-0.05, 0) is 34.1 Å². The zero-order valence-electron chi connectivity index (χ0n) is 9.75. The van der Waals surface area contributed by atoms with Gasteiger partial charge in [0.1, 0.15) is 6.54 Å². The molecular formula is C12H10BrN3O2S. The van der Waals surface area contributed by atoms with Gasteiger partial charge in [-0.3, -0.25) is 9.59 Å². The first-order chi connectivity index (χ1) is 9.15. The van der Waals surface area contributed by atoms with Crippen LogP contribution in [0.4, 0.5) is 0 Å². The molecule has 0 aliphatic heterocycles. The number of aromatic nitrogens is 1. The molecule has 0 saturated heterocycles. The fourth-order valence-electron chi connectivity index (χ4n) is 1.35. The Hall–Kier alpha value is -1.73. The summed E-state index contributed by atoms with van der Waals surface area (Å²) in [6.45, 7) is -0.0504. The molecule has 0 aliphatic rings. The third-order valence-corrected chi connectivity index (χ3v) is 3.75. The highest BCUT2D eigenvalue weighted by Gasteiger charge is 2.02. The molecule has 2 aromatic heterocycles. The molecule has 2 aromatic rings. The third kappa shape index (κ3) is 4.15. The number of nitrogens with zero attached hydrogens (tertiary/aromatic N) is 2. The molecule has 0 aliphatic carbocycles. The molecule has 0 bridgehead atoms. The van der Waals surface area contributed by atoms with Crippen LogP contribution in [0.1, 0.15) is 4.88 Å². The van der Waals surface area contributed by atoms with E-state index in [0.29, 0.717) is 0 Å². The Kier molecular flexibility index (Phi) is 4.64. The number of hydrazone groups is 1. The number of thiophene rings is 1. The van der Waals surface area contributed by atoms with Crippen LogP contribution < -0.4 is 11.0 Å². The van der Waals surface area contributed by atoms with Crippen molar-refractivity contribution in [3.05, 3.63) is 55.5 Å². The van der Waals surface area contributed by atoms with Gasteiger partial charge in [0.25, 0.3) is 11.5 Å². The van der Waals surface area contributed by atoms with Crippen molar-refractivity contribution in [1.82, 2.24) is 9.99 Å². The summed E-state index contributed by atoms with van der Waals surface area (Å²) in [7, 11) is 0. The molecule has 0 fully saturated rings. The Labute approximate surface area is 121 Å². The first-order valence-corrected chi connectivity index (χ1v) is 6.99. The molecule has 2 heterocycles. The lowest BCUT2D eigenvalue weighted by Crippen LogP contribution is -2.28. The molecule has 0 unspecified atom stereocenters. The minimum atomic E-state index is -0.347. The van der Waals surface area contributed by atoms with E-state index in [1.54, 1.807) is 24.5 Å². The molecule has 7 heteroatoms. The lowest BCUT2D eigenvalue weighted by molar-refractivity contribution is -0.121. The Morgan fingerprint density at radius 2 is 2.26 bits per heavy atom. The fraction of sp³-hybridized carbons (Fsp3) is 0.0833. The van der Waals surface area contributed by atoms with Crippen molar-refractivity contribution in [3.8, 4) is 0 Å². The van der Waals surface area contributed by atoms with Crippen LogP contribution >= 0.6 is 27.3 Å². The molecule has 98 valence electrons. The largest absolute Gasteiger partial charge is 0.306 e. The average Bonchev–Trinajstić information content (AvgIpc) is 2.78. The standard InChI is InChI=1S/C12H10BrN3O2S/c13-10-5-4-9(19-10)7-14-15-11(17)8-16-6-2-1-3-12(16)18/h1-7H,8H2,(H,15,17)/b14-7-. The molecule has 1 amide bonds. The predicted octanol–water partition coefficient (Wildman–Crippen LogP) is 1.82. The number of carbonyl (C=O) groups is 1. The molecule has 0 aromatic carbocycles. The predicted molar refractivity (Wildman–Crippen MR) is 78.5 cm³/mol. The van der Waals surface area contributed by atoms with Crippen LogP contribution in [0.25, 0.3) is 0 Å². The summed E-state index contributed by atoms with van der Waals surface area (Å²) < 4.78 is 2.31. The second-order valence-corrected chi connectivity index (χ2v) is 6.10. The van der Waals surface area contributed by atoms with E-state index in [1.807, 2.05) is 12.1 Å². The molecule has 19 heavy (non-hydrogen) atoms. The number of rotatable bonds is 4. The van der Waals surface area contributed by atoms with Crippen molar-refractivity contribution in [2.24, 2.45) is 5.10 Å². The topological polar surface area (TPSA) is 63.5 Å². The van der Waals surface area contributed by atoms with E-state index in [-0.39, 0.29) is 18.0 Å². The van der Waals surface area contributed by atoms with Gasteiger partial charge in [0.2, 0.25) is 0 Å². The van der Waals surface area contributed by atoms with Crippen molar-refractivity contribution < 1.29 is 4.79 Å². The van der Waals surface area contributed by atoms with Crippen LogP contribution in [0.3, 0.4) is 0 Å². The SMILES string of the molecule is O=C(Cn1ccccc1=O)N/N=C\c1ccc(Br)s1. The maximum absolute atomic E-state index is 11.6. The van der Waals surface area contributed by atoms with E-state index in [4.69, 9.17) is 0 Å². The van der Waals surface area contributed by atoms with E-state index in [2.05, 4.69) is 26.5 Å². The lowest BCUT2D eigenvalue weighted by atomic mass is 10.4. The summed E-state index contributed by atoms with van der Waals surface area (Å²) in [6.07, 6.45) is 3.11. The molecule has 0 atom stereocenters. The van der Waals surface area contributed by atoms with Gasteiger partial charge in [0.15, 0.2) is 0 Å². The van der Waals surface area contributed by atoms with E-state index < -0.39 is 0 Å². The van der Waals surface area contributed by atoms with Crippen molar-refractivity contribution in [3.63, 3.8) is 0 Å². The number of hydrogen-bond donors (Lipinski definition) is 1. The van der Waals surface area contributed by atoms with E-state index in [0.717, 1.165) is 8.66 Å². The van der Waals surface area contributed by atoms with Crippen molar-refractivity contribution in [2.45, 2.75) is 6.54 Å². The van der Waals surface area contributed by atoms with Crippen LogP contribution in [0.5, 0.6) is 0 Å². The third-order valence-electron chi connectivity index (χ3n) is 2.19. The minimum absolute atomic E-state index is 0.0504. The van der Waals surface area contributed by atoms with Crippen LogP contribution in [0.15, 0.2) is 50.2 Å². The summed E-state index contributed by atoms with van der Waals surface area (Å²) in [5, 5.41) is 3.83. The minimum Gasteiger partial charge on any atom is -0.306 e. The quantitative estimate of drug-likeness (QED) is 0.682. The Morgan fingerprint density at radius 1 is 1.42 bits per heavy atom. The number of nitrogens with one attached hydrogen (secondary N) is 1. The monoisotopic (exact) mass is 339 g/mol. The molecular weight excluding hydrogens is 330 g/mol. The van der Waals surface area contributed by atoms with Crippen molar-refractivity contribution in [1.29, 1.82) is 0 Å². The van der Waals surface area contributed by atoms with E-state index in [1.165, 1.54) is 22.0 Å². The van der Waals surface area contributed by atoms with Crippen molar-refractivity contribution in [2.75, 3.05) is 0 Å². The zero-order valence-corrected chi connectivity index (χ0v) is 12.1. The fourth-order valence-corrected chi connectivity index (χ4v) is 2.64. The molecule has 2 rings (SSSR count). The van der Waals surface area contributed by atoms with Gasteiger partial charge in [-0.1, -0.05) is 6.07 Å². The van der Waals surface area contributed by atoms with E-state index >= 15 is 0 Å². The molecule has 1 N–H and O–H groups in total. The van der Waals surface area contributed by atoms with Crippen LogP contribution in [0, 0.1) is 0 Å². The van der Waals surface area contributed by atoms with Gasteiger partial charge in [-0.2, -0.15) is 5.10 Å². The highest BCUT2D eigenvalue weighted by atomic mass is 79.9. The Morgan fingerprint density at radius 3 is 2.95 bits per heavy atom. The van der Waals surface area contributed by atoms with Crippen LogP contribution in [-0.4, -0.2) is 16.7 Å². The second kappa shape index (κ2) is 6.44. The van der Waals surface area contributed by atoms with Crippen LogP contribution in [0.2, 0.25) is 0 Å². The van der Waals surface area contributed by atoms with Gasteiger partial charge in [-0.15, -0.1) is 11.3 Å². The molecule has 0 spiro atoms. The van der Waals surface area contributed by atoms with Gasteiger partial charge in [0, 0.05) is 17.1 Å². The summed E-state index contributed by atoms with van der Waals surface area (Å²) in [5.74, 6) is -0.347. The average molecular weight is 340 g/mol. The first kappa shape index (κ1) is 13.7. The zero-order chi connectivity index (χ0) is 13.7.